The quantitative estimate of drug-likeness (QED) is 0.594. The lowest BCUT2D eigenvalue weighted by Crippen LogP contribution is -2.03. The zero-order chi connectivity index (χ0) is 11.4. The van der Waals surface area contributed by atoms with Crippen molar-refractivity contribution in [2.45, 2.75) is 19.8 Å². The van der Waals surface area contributed by atoms with Gasteiger partial charge in [0.25, 0.3) is 0 Å². The minimum absolute atomic E-state index is 0.124. The van der Waals surface area contributed by atoms with Crippen LogP contribution in [0.3, 0.4) is 0 Å². The van der Waals surface area contributed by atoms with Crippen molar-refractivity contribution in [3.05, 3.63) is 46.2 Å². The molecule has 0 aliphatic carbocycles. The van der Waals surface area contributed by atoms with E-state index in [4.69, 9.17) is 0 Å². The summed E-state index contributed by atoms with van der Waals surface area (Å²) in [6.07, 6.45) is 0.950. The second-order valence-electron chi connectivity index (χ2n) is 3.33. The Balaban J connectivity index is 2.91. The number of hydrogen-bond donors (Lipinski definition) is 0. The lowest BCUT2D eigenvalue weighted by Gasteiger charge is -2.04. The molecule has 0 spiro atoms. The number of benzene rings is 1. The molecule has 3 heteroatoms. The SMILES string of the molecule is C=C(CC)CC(=O)c1cc(Br)ccc1F. The lowest BCUT2D eigenvalue weighted by molar-refractivity contribution is 0.0988. The Kier molecular flexibility index (Phi) is 4.21. The Bertz CT molecular complexity index is 399. The molecule has 0 unspecified atom stereocenters. The molecule has 0 saturated carbocycles. The van der Waals surface area contributed by atoms with Crippen LogP contribution in [-0.2, 0) is 0 Å². The maximum atomic E-state index is 13.3. The van der Waals surface area contributed by atoms with Gasteiger partial charge in [-0.3, -0.25) is 4.79 Å². The highest BCUT2D eigenvalue weighted by Gasteiger charge is 2.12. The van der Waals surface area contributed by atoms with E-state index in [2.05, 4.69) is 22.5 Å². The third-order valence-corrected chi connectivity index (χ3v) is 2.63. The zero-order valence-corrected chi connectivity index (χ0v) is 10.1. The minimum Gasteiger partial charge on any atom is -0.294 e. The van der Waals surface area contributed by atoms with Crippen LogP contribution in [0.25, 0.3) is 0 Å². The fourth-order valence-corrected chi connectivity index (χ4v) is 1.52. The van der Waals surface area contributed by atoms with Gasteiger partial charge in [0.05, 0.1) is 5.56 Å². The lowest BCUT2D eigenvalue weighted by atomic mass is 10.0. The van der Waals surface area contributed by atoms with E-state index < -0.39 is 5.82 Å². The number of Topliss-reactive ketones (excluding diaryl/α,β-unsaturated/α-hetero) is 1. The molecule has 15 heavy (non-hydrogen) atoms. The van der Waals surface area contributed by atoms with Crippen LogP contribution < -0.4 is 0 Å². The predicted molar refractivity (Wildman–Crippen MR) is 62.5 cm³/mol. The molecule has 0 heterocycles. The zero-order valence-electron chi connectivity index (χ0n) is 8.52. The van der Waals surface area contributed by atoms with Gasteiger partial charge < -0.3 is 0 Å². The van der Waals surface area contributed by atoms with Gasteiger partial charge in [-0.05, 0) is 24.6 Å². The van der Waals surface area contributed by atoms with Crippen LogP contribution in [0, 0.1) is 5.82 Å². The highest BCUT2D eigenvalue weighted by molar-refractivity contribution is 9.10. The first-order valence-corrected chi connectivity index (χ1v) is 5.48. The van der Waals surface area contributed by atoms with Crippen molar-refractivity contribution < 1.29 is 9.18 Å². The molecule has 1 rings (SSSR count). The van der Waals surface area contributed by atoms with E-state index in [1.54, 1.807) is 6.07 Å². The van der Waals surface area contributed by atoms with Crippen LogP contribution in [0.5, 0.6) is 0 Å². The van der Waals surface area contributed by atoms with Crippen molar-refractivity contribution in [1.29, 1.82) is 0 Å². The van der Waals surface area contributed by atoms with E-state index in [9.17, 15) is 9.18 Å². The second-order valence-corrected chi connectivity index (χ2v) is 4.24. The molecular weight excluding hydrogens is 259 g/mol. The maximum Gasteiger partial charge on any atom is 0.169 e. The number of rotatable bonds is 4. The Morgan fingerprint density at radius 1 is 1.53 bits per heavy atom. The first-order chi connectivity index (χ1) is 7.04. The first kappa shape index (κ1) is 12.1. The van der Waals surface area contributed by atoms with Crippen LogP contribution in [0.1, 0.15) is 30.1 Å². The predicted octanol–water partition coefficient (Wildman–Crippen LogP) is 4.13. The third kappa shape index (κ3) is 3.27. The summed E-state index contributed by atoms with van der Waals surface area (Å²) in [5, 5.41) is 0. The van der Waals surface area contributed by atoms with Gasteiger partial charge >= 0.3 is 0 Å². The number of carbonyl (C=O) groups excluding carboxylic acids is 1. The monoisotopic (exact) mass is 270 g/mol. The minimum atomic E-state index is -0.480. The van der Waals surface area contributed by atoms with Gasteiger partial charge in [-0.15, -0.1) is 0 Å². The molecular formula is C12H12BrFO. The van der Waals surface area contributed by atoms with E-state index in [-0.39, 0.29) is 17.8 Å². The number of halogens is 2. The molecule has 0 aromatic heterocycles. The fourth-order valence-electron chi connectivity index (χ4n) is 1.16. The van der Waals surface area contributed by atoms with Crippen LogP contribution >= 0.6 is 15.9 Å². The third-order valence-electron chi connectivity index (χ3n) is 2.14. The average Bonchev–Trinajstić information content (AvgIpc) is 2.21. The summed E-state index contributed by atoms with van der Waals surface area (Å²) in [5.74, 6) is -0.701. The molecule has 1 aromatic carbocycles. The van der Waals surface area contributed by atoms with Gasteiger partial charge in [-0.25, -0.2) is 4.39 Å². The Hall–Kier alpha value is -0.960. The average molecular weight is 271 g/mol. The fraction of sp³-hybridized carbons (Fsp3) is 0.250. The van der Waals surface area contributed by atoms with Crippen molar-refractivity contribution in [1.82, 2.24) is 0 Å². The summed E-state index contributed by atoms with van der Waals surface area (Å²) >= 11 is 3.21. The highest BCUT2D eigenvalue weighted by Crippen LogP contribution is 2.18. The van der Waals surface area contributed by atoms with Crippen molar-refractivity contribution in [3.63, 3.8) is 0 Å². The molecule has 1 aromatic rings. The number of allylic oxidation sites excluding steroid dienone is 1. The van der Waals surface area contributed by atoms with Crippen molar-refractivity contribution in [2.24, 2.45) is 0 Å². The van der Waals surface area contributed by atoms with Crippen molar-refractivity contribution in [2.75, 3.05) is 0 Å². The van der Waals surface area contributed by atoms with Gasteiger partial charge in [0.2, 0.25) is 0 Å². The summed E-state index contributed by atoms with van der Waals surface area (Å²) in [7, 11) is 0. The molecule has 1 nitrogen and oxygen atoms in total. The Labute approximate surface area is 97.1 Å². The van der Waals surface area contributed by atoms with Crippen LogP contribution in [0.4, 0.5) is 4.39 Å². The van der Waals surface area contributed by atoms with Crippen molar-refractivity contribution >= 4 is 21.7 Å². The topological polar surface area (TPSA) is 17.1 Å². The van der Waals surface area contributed by atoms with Crippen LogP contribution in [-0.4, -0.2) is 5.78 Å². The van der Waals surface area contributed by atoms with Crippen LogP contribution in [0.15, 0.2) is 34.8 Å². The summed E-state index contributed by atoms with van der Waals surface area (Å²) < 4.78 is 14.0. The summed E-state index contributed by atoms with van der Waals surface area (Å²) in [6, 6.07) is 4.35. The standard InChI is InChI=1S/C12H12BrFO/c1-3-8(2)6-12(15)10-7-9(13)4-5-11(10)14/h4-5,7H,2-3,6H2,1H3. The molecule has 0 fully saturated rings. The normalized spacial score (nSPS) is 10.1. The highest BCUT2D eigenvalue weighted by atomic mass is 79.9. The molecule has 0 saturated heterocycles. The molecule has 0 N–H and O–H groups in total. The molecule has 80 valence electrons. The van der Waals surface area contributed by atoms with Gasteiger partial charge in [0.1, 0.15) is 5.82 Å². The van der Waals surface area contributed by atoms with Crippen molar-refractivity contribution in [3.8, 4) is 0 Å². The van der Waals surface area contributed by atoms with Gasteiger partial charge in [-0.2, -0.15) is 0 Å². The molecule has 0 radical (unpaired) electrons. The van der Waals surface area contributed by atoms with E-state index in [0.717, 1.165) is 12.0 Å². The number of hydrogen-bond acceptors (Lipinski definition) is 1. The van der Waals surface area contributed by atoms with Gasteiger partial charge in [-0.1, -0.05) is 35.0 Å². The van der Waals surface area contributed by atoms with E-state index >= 15 is 0 Å². The molecule has 0 aliphatic heterocycles. The summed E-state index contributed by atoms with van der Waals surface area (Å²) in [6.45, 7) is 5.66. The molecule has 0 amide bonds. The Morgan fingerprint density at radius 3 is 2.80 bits per heavy atom. The van der Waals surface area contributed by atoms with E-state index in [0.29, 0.717) is 4.47 Å². The van der Waals surface area contributed by atoms with Crippen LogP contribution in [0.2, 0.25) is 0 Å². The largest absolute Gasteiger partial charge is 0.294 e. The molecule has 0 aliphatic rings. The molecule has 0 bridgehead atoms. The Morgan fingerprint density at radius 2 is 2.20 bits per heavy atom. The number of ketones is 1. The van der Waals surface area contributed by atoms with E-state index in [1.807, 2.05) is 6.92 Å². The smallest absolute Gasteiger partial charge is 0.169 e. The number of carbonyl (C=O) groups is 1. The maximum absolute atomic E-state index is 13.3. The first-order valence-electron chi connectivity index (χ1n) is 4.69. The van der Waals surface area contributed by atoms with Gasteiger partial charge in [0.15, 0.2) is 5.78 Å². The van der Waals surface area contributed by atoms with E-state index in [1.165, 1.54) is 12.1 Å². The summed E-state index contributed by atoms with van der Waals surface area (Å²) in [4.78, 5) is 11.7. The van der Waals surface area contributed by atoms with Gasteiger partial charge in [0, 0.05) is 10.9 Å². The molecule has 0 atom stereocenters. The summed E-state index contributed by atoms with van der Waals surface area (Å²) in [5.41, 5.74) is 0.943. The second kappa shape index (κ2) is 5.21.